The van der Waals surface area contributed by atoms with E-state index < -0.39 is 34.9 Å². The van der Waals surface area contributed by atoms with Crippen LogP contribution in [0, 0.1) is 5.82 Å². The summed E-state index contributed by atoms with van der Waals surface area (Å²) in [6, 6.07) is -0.0323. The Bertz CT molecular complexity index is 428. The lowest BCUT2D eigenvalue weighted by molar-refractivity contribution is -0.138. The molecule has 0 amide bonds. The molecule has 3 N–H and O–H groups in total. The maximum Gasteiger partial charge on any atom is 0.416 e. The standard InChI is InChI=1S/C11H11F4NO/c1-2-3-8(16)9-6(11(13,14)15)4-5-7(12)10(9)17/h2,4-5,8,17H,1,3,16H2/t8-/m0/s1. The van der Waals surface area contributed by atoms with E-state index in [2.05, 4.69) is 6.58 Å². The molecule has 6 heteroatoms. The molecule has 0 spiro atoms. The summed E-state index contributed by atoms with van der Waals surface area (Å²) in [5, 5.41) is 9.35. The van der Waals surface area contributed by atoms with Crippen molar-refractivity contribution in [3.8, 4) is 5.75 Å². The summed E-state index contributed by atoms with van der Waals surface area (Å²) in [4.78, 5) is 0. The third-order valence-electron chi connectivity index (χ3n) is 2.26. The highest BCUT2D eigenvalue weighted by Gasteiger charge is 2.36. The molecule has 0 aromatic heterocycles. The van der Waals surface area contributed by atoms with E-state index in [0.717, 1.165) is 0 Å². The topological polar surface area (TPSA) is 46.2 Å². The number of phenols is 1. The minimum Gasteiger partial charge on any atom is -0.505 e. The van der Waals surface area contributed by atoms with Crippen molar-refractivity contribution in [2.45, 2.75) is 18.6 Å². The van der Waals surface area contributed by atoms with Gasteiger partial charge >= 0.3 is 6.18 Å². The van der Waals surface area contributed by atoms with E-state index in [1.54, 1.807) is 0 Å². The van der Waals surface area contributed by atoms with Crippen molar-refractivity contribution in [2.75, 3.05) is 0 Å². The number of hydrogen-bond acceptors (Lipinski definition) is 2. The second kappa shape index (κ2) is 4.75. The molecule has 0 heterocycles. The minimum atomic E-state index is -4.70. The van der Waals surface area contributed by atoms with Crippen molar-refractivity contribution in [1.82, 2.24) is 0 Å². The van der Waals surface area contributed by atoms with Crippen LogP contribution in [0.25, 0.3) is 0 Å². The lowest BCUT2D eigenvalue weighted by atomic mass is 9.96. The predicted molar refractivity (Wildman–Crippen MR) is 54.8 cm³/mol. The van der Waals surface area contributed by atoms with Crippen molar-refractivity contribution >= 4 is 0 Å². The molecule has 0 fully saturated rings. The van der Waals surface area contributed by atoms with E-state index >= 15 is 0 Å². The summed E-state index contributed by atoms with van der Waals surface area (Å²) in [6.45, 7) is 3.33. The van der Waals surface area contributed by atoms with Gasteiger partial charge in [0.15, 0.2) is 11.6 Å². The fourth-order valence-electron chi connectivity index (χ4n) is 1.50. The molecular weight excluding hydrogens is 238 g/mol. The molecule has 94 valence electrons. The monoisotopic (exact) mass is 249 g/mol. The van der Waals surface area contributed by atoms with Crippen LogP contribution in [0.1, 0.15) is 23.6 Å². The number of halogens is 4. The van der Waals surface area contributed by atoms with Gasteiger partial charge in [0.25, 0.3) is 0 Å². The fourth-order valence-corrected chi connectivity index (χ4v) is 1.50. The summed E-state index contributed by atoms with van der Waals surface area (Å²) in [7, 11) is 0. The first kappa shape index (κ1) is 13.5. The van der Waals surface area contributed by atoms with Gasteiger partial charge < -0.3 is 10.8 Å². The molecule has 0 aliphatic carbocycles. The van der Waals surface area contributed by atoms with Gasteiger partial charge in [-0.15, -0.1) is 6.58 Å². The summed E-state index contributed by atoms with van der Waals surface area (Å²) >= 11 is 0. The van der Waals surface area contributed by atoms with Gasteiger partial charge in [0.05, 0.1) is 5.56 Å². The first-order valence-electron chi connectivity index (χ1n) is 4.74. The molecule has 0 bridgehead atoms. The zero-order chi connectivity index (χ0) is 13.2. The summed E-state index contributed by atoms with van der Waals surface area (Å²) in [6.07, 6.45) is -3.39. The molecule has 0 unspecified atom stereocenters. The lowest BCUT2D eigenvalue weighted by Crippen LogP contribution is -2.17. The van der Waals surface area contributed by atoms with Gasteiger partial charge in [-0.05, 0) is 18.6 Å². The number of phenolic OH excluding ortho intramolecular Hbond substituents is 1. The summed E-state index contributed by atoms with van der Waals surface area (Å²) in [5.74, 6) is -2.19. The average Bonchev–Trinajstić information content (AvgIpc) is 2.20. The molecule has 0 radical (unpaired) electrons. The molecular formula is C11H11F4NO. The van der Waals surface area contributed by atoms with Gasteiger partial charge in [-0.1, -0.05) is 6.08 Å². The highest BCUT2D eigenvalue weighted by Crippen LogP contribution is 2.40. The Kier molecular flexibility index (Phi) is 3.77. The molecule has 0 saturated carbocycles. The van der Waals surface area contributed by atoms with Crippen LogP contribution in [0.5, 0.6) is 5.75 Å². The van der Waals surface area contributed by atoms with Crippen LogP contribution in [-0.4, -0.2) is 5.11 Å². The number of rotatable bonds is 3. The van der Waals surface area contributed by atoms with Crippen LogP contribution < -0.4 is 5.73 Å². The largest absolute Gasteiger partial charge is 0.505 e. The molecule has 1 aromatic rings. The van der Waals surface area contributed by atoms with E-state index in [4.69, 9.17) is 5.73 Å². The summed E-state index contributed by atoms with van der Waals surface area (Å²) < 4.78 is 51.0. The van der Waals surface area contributed by atoms with Crippen LogP contribution in [0.3, 0.4) is 0 Å². The van der Waals surface area contributed by atoms with Gasteiger partial charge in [-0.3, -0.25) is 0 Å². The number of hydrogen-bond donors (Lipinski definition) is 2. The SMILES string of the molecule is C=CC[C@H](N)c1c(C(F)(F)F)ccc(F)c1O. The first-order valence-corrected chi connectivity index (χ1v) is 4.74. The van der Waals surface area contributed by atoms with E-state index in [1.807, 2.05) is 0 Å². The van der Waals surface area contributed by atoms with Crippen molar-refractivity contribution in [2.24, 2.45) is 5.73 Å². The fraction of sp³-hybridized carbons (Fsp3) is 0.273. The van der Waals surface area contributed by atoms with Crippen LogP contribution in [0.4, 0.5) is 17.6 Å². The summed E-state index contributed by atoms with van der Waals surface area (Å²) in [5.41, 5.74) is 3.70. The van der Waals surface area contributed by atoms with Gasteiger partial charge in [0, 0.05) is 11.6 Å². The predicted octanol–water partition coefficient (Wildman–Crippen LogP) is 3.13. The molecule has 1 aromatic carbocycles. The number of aromatic hydroxyl groups is 1. The lowest BCUT2D eigenvalue weighted by Gasteiger charge is -2.18. The normalized spacial score (nSPS) is 13.5. The van der Waals surface area contributed by atoms with E-state index in [-0.39, 0.29) is 6.42 Å². The van der Waals surface area contributed by atoms with E-state index in [9.17, 15) is 22.7 Å². The second-order valence-corrected chi connectivity index (χ2v) is 3.49. The van der Waals surface area contributed by atoms with Crippen molar-refractivity contribution in [1.29, 1.82) is 0 Å². The number of alkyl halides is 3. The molecule has 0 saturated heterocycles. The van der Waals surface area contributed by atoms with E-state index in [0.29, 0.717) is 12.1 Å². The average molecular weight is 249 g/mol. The Balaban J connectivity index is 3.41. The van der Waals surface area contributed by atoms with Crippen molar-refractivity contribution in [3.05, 3.63) is 41.7 Å². The van der Waals surface area contributed by atoms with E-state index in [1.165, 1.54) is 6.08 Å². The Morgan fingerprint density at radius 3 is 2.47 bits per heavy atom. The third-order valence-corrected chi connectivity index (χ3v) is 2.26. The first-order chi connectivity index (χ1) is 7.79. The van der Waals surface area contributed by atoms with Crippen LogP contribution in [0.15, 0.2) is 24.8 Å². The number of benzene rings is 1. The Hall–Kier alpha value is -1.56. The van der Waals surface area contributed by atoms with Gasteiger partial charge in [0.1, 0.15) is 0 Å². The maximum atomic E-state index is 13.0. The highest BCUT2D eigenvalue weighted by atomic mass is 19.4. The second-order valence-electron chi connectivity index (χ2n) is 3.49. The molecule has 0 aliphatic heterocycles. The van der Waals surface area contributed by atoms with Crippen molar-refractivity contribution in [3.63, 3.8) is 0 Å². The Morgan fingerprint density at radius 2 is 2.00 bits per heavy atom. The zero-order valence-electron chi connectivity index (χ0n) is 8.76. The Labute approximate surface area is 95.4 Å². The molecule has 2 nitrogen and oxygen atoms in total. The van der Waals surface area contributed by atoms with Crippen LogP contribution in [-0.2, 0) is 6.18 Å². The van der Waals surface area contributed by atoms with Crippen molar-refractivity contribution < 1.29 is 22.7 Å². The van der Waals surface area contributed by atoms with Crippen LogP contribution in [0.2, 0.25) is 0 Å². The van der Waals surface area contributed by atoms with Gasteiger partial charge in [0.2, 0.25) is 0 Å². The minimum absolute atomic E-state index is 0.0000926. The third kappa shape index (κ3) is 2.76. The zero-order valence-corrected chi connectivity index (χ0v) is 8.76. The van der Waals surface area contributed by atoms with Gasteiger partial charge in [-0.25, -0.2) is 4.39 Å². The smallest absolute Gasteiger partial charge is 0.416 e. The van der Waals surface area contributed by atoms with Crippen LogP contribution >= 0.6 is 0 Å². The quantitative estimate of drug-likeness (QED) is 0.638. The number of nitrogens with two attached hydrogens (primary N) is 1. The molecule has 17 heavy (non-hydrogen) atoms. The molecule has 1 atom stereocenters. The maximum absolute atomic E-state index is 13.0. The van der Waals surface area contributed by atoms with Gasteiger partial charge in [-0.2, -0.15) is 13.2 Å². The highest BCUT2D eigenvalue weighted by molar-refractivity contribution is 5.44. The molecule has 1 rings (SSSR count). The Morgan fingerprint density at radius 1 is 1.41 bits per heavy atom. The molecule has 0 aliphatic rings.